The molecule has 1 aliphatic rings. The topological polar surface area (TPSA) is 30.7 Å². The maximum atomic E-state index is 8.79. The van der Waals surface area contributed by atoms with Crippen LogP contribution < -0.4 is 0 Å². The van der Waals surface area contributed by atoms with Crippen LogP contribution in [0.3, 0.4) is 0 Å². The molecule has 8 aromatic carbocycles. The Hall–Kier alpha value is -6.84. The van der Waals surface area contributed by atoms with Crippen molar-refractivity contribution in [3.63, 3.8) is 0 Å². The van der Waals surface area contributed by atoms with Crippen molar-refractivity contribution < 1.29 is 6.85 Å². The van der Waals surface area contributed by atoms with Gasteiger partial charge < -0.3 is 0 Å². The molecule has 254 valence electrons. The summed E-state index contributed by atoms with van der Waals surface area (Å²) in [7, 11) is 0. The summed E-state index contributed by atoms with van der Waals surface area (Å²) in [6.07, 6.45) is 0. The molecule has 0 atom stereocenters. The van der Waals surface area contributed by atoms with Gasteiger partial charge in [0.2, 0.25) is 5.95 Å². The van der Waals surface area contributed by atoms with Crippen LogP contribution in [0.1, 0.15) is 31.8 Å². The lowest BCUT2D eigenvalue weighted by Crippen LogP contribution is -2.15. The van der Waals surface area contributed by atoms with E-state index in [9.17, 15) is 0 Å². The normalized spacial score (nSPS) is 14.4. The Labute approximate surface area is 320 Å². The minimum Gasteiger partial charge on any atom is -0.278 e. The highest BCUT2D eigenvalue weighted by molar-refractivity contribution is 6.14. The van der Waals surface area contributed by atoms with E-state index in [2.05, 4.69) is 140 Å². The molecule has 54 heavy (non-hydrogen) atoms. The first-order valence-electron chi connectivity index (χ1n) is 20.7. The van der Waals surface area contributed by atoms with E-state index in [1.807, 2.05) is 18.2 Å². The Morgan fingerprint density at radius 3 is 2.00 bits per heavy atom. The molecule has 0 N–H and O–H groups in total. The van der Waals surface area contributed by atoms with Gasteiger partial charge in [-0.2, -0.15) is 0 Å². The molecule has 3 heteroatoms. The summed E-state index contributed by atoms with van der Waals surface area (Å²) in [5.41, 5.74) is 11.7. The summed E-state index contributed by atoms with van der Waals surface area (Å²) in [5, 5.41) is 5.15. The van der Waals surface area contributed by atoms with Crippen molar-refractivity contribution in [3.05, 3.63) is 187 Å². The molecule has 0 fully saturated rings. The van der Waals surface area contributed by atoms with Gasteiger partial charge in [-0.25, -0.2) is 9.97 Å². The minimum absolute atomic E-state index is 0.141. The van der Waals surface area contributed by atoms with E-state index >= 15 is 0 Å². The predicted molar refractivity (Wildman–Crippen MR) is 225 cm³/mol. The molecule has 0 radical (unpaired) electrons. The Morgan fingerprint density at radius 1 is 0.481 bits per heavy atom. The van der Waals surface area contributed by atoms with Crippen LogP contribution >= 0.6 is 0 Å². The summed E-state index contributed by atoms with van der Waals surface area (Å²) in [5.74, 6) is 0.508. The lowest BCUT2D eigenvalue weighted by Gasteiger charge is -2.22. The first kappa shape index (κ1) is 26.0. The van der Waals surface area contributed by atoms with Crippen molar-refractivity contribution in [2.75, 3.05) is 0 Å². The van der Waals surface area contributed by atoms with Crippen LogP contribution in [0.15, 0.2) is 176 Å². The van der Waals surface area contributed by atoms with Crippen LogP contribution in [0.2, 0.25) is 0 Å². The lowest BCUT2D eigenvalue weighted by molar-refractivity contribution is 0.660. The van der Waals surface area contributed by atoms with Gasteiger partial charge >= 0.3 is 0 Å². The summed E-state index contributed by atoms with van der Waals surface area (Å²) in [6, 6.07) is 48.8. The van der Waals surface area contributed by atoms with Crippen molar-refractivity contribution in [2.24, 2.45) is 0 Å². The SMILES string of the molecule is [2H]c1c([2H])c([2H])c(-c2ccc3nc(-n4c5ccc(-c6ccccc6)cc5c5cc6ccccc6cc54)nc(-c4ccc5c(c4)C(C)(C)c4ccccc4-5)c3c2)c([2H])c1[2H]. The average molecular weight is 695 g/mol. The van der Waals surface area contributed by atoms with Crippen LogP contribution in [-0.4, -0.2) is 14.5 Å². The summed E-state index contributed by atoms with van der Waals surface area (Å²) in [6.45, 7) is 4.52. The number of hydrogen-bond acceptors (Lipinski definition) is 2. The van der Waals surface area contributed by atoms with Crippen molar-refractivity contribution in [3.8, 4) is 50.6 Å². The zero-order valence-electron chi connectivity index (χ0n) is 34.7. The first-order chi connectivity index (χ1) is 28.6. The molecule has 2 heterocycles. The van der Waals surface area contributed by atoms with Gasteiger partial charge in [-0.05, 0) is 97.7 Å². The highest BCUT2D eigenvalue weighted by atomic mass is 15.2. The van der Waals surface area contributed by atoms with Crippen LogP contribution in [0.25, 0.3) is 94.1 Å². The highest BCUT2D eigenvalue weighted by Gasteiger charge is 2.35. The third-order valence-electron chi connectivity index (χ3n) is 11.3. The number of rotatable bonds is 4. The van der Waals surface area contributed by atoms with Crippen molar-refractivity contribution in [1.29, 1.82) is 0 Å². The van der Waals surface area contributed by atoms with E-state index in [4.69, 9.17) is 16.8 Å². The molecule has 0 aliphatic heterocycles. The Morgan fingerprint density at radius 2 is 1.15 bits per heavy atom. The fourth-order valence-corrected chi connectivity index (χ4v) is 8.57. The van der Waals surface area contributed by atoms with Crippen LogP contribution in [0.5, 0.6) is 0 Å². The van der Waals surface area contributed by atoms with Crippen molar-refractivity contribution in [1.82, 2.24) is 14.5 Å². The number of nitrogens with zero attached hydrogens (tertiary/aromatic N) is 3. The summed E-state index contributed by atoms with van der Waals surface area (Å²) < 4.78 is 44.8. The number of benzene rings is 8. The average Bonchev–Trinajstić information content (AvgIpc) is 3.70. The highest BCUT2D eigenvalue weighted by Crippen LogP contribution is 2.50. The van der Waals surface area contributed by atoms with E-state index in [1.54, 1.807) is 6.07 Å². The molecule has 0 spiro atoms. The molecule has 0 amide bonds. The Bertz CT molecular complexity index is 3400. The van der Waals surface area contributed by atoms with Gasteiger partial charge in [0.25, 0.3) is 0 Å². The zero-order valence-corrected chi connectivity index (χ0v) is 29.7. The Balaban J connectivity index is 1.21. The van der Waals surface area contributed by atoms with Gasteiger partial charge in [-0.3, -0.25) is 4.57 Å². The second-order valence-corrected chi connectivity index (χ2v) is 14.7. The van der Waals surface area contributed by atoms with Gasteiger partial charge in [0.05, 0.1) is 29.1 Å². The zero-order chi connectivity index (χ0) is 40.3. The second kappa shape index (κ2) is 11.6. The van der Waals surface area contributed by atoms with Gasteiger partial charge in [0.15, 0.2) is 0 Å². The molecular weight excluding hydrogens is 655 g/mol. The van der Waals surface area contributed by atoms with Crippen LogP contribution in [0, 0.1) is 0 Å². The number of hydrogen-bond donors (Lipinski definition) is 0. The molecule has 0 bridgehead atoms. The van der Waals surface area contributed by atoms with Gasteiger partial charge in [0, 0.05) is 27.1 Å². The first-order valence-corrected chi connectivity index (χ1v) is 18.2. The lowest BCUT2D eigenvalue weighted by atomic mass is 9.82. The molecule has 0 saturated carbocycles. The van der Waals surface area contributed by atoms with Gasteiger partial charge in [-0.15, -0.1) is 0 Å². The molecule has 1 aliphatic carbocycles. The Kier molecular flexibility index (Phi) is 5.58. The second-order valence-electron chi connectivity index (χ2n) is 14.7. The smallest absolute Gasteiger partial charge is 0.235 e. The summed E-state index contributed by atoms with van der Waals surface area (Å²) >= 11 is 0. The molecule has 0 unspecified atom stereocenters. The molecule has 11 rings (SSSR count). The molecular formula is C51H35N3. The standard InChI is InChI=1S/C51H35N3/c1-51(2)44-20-12-11-19-39(44)40-24-21-38(30-45(40)51)49-43-29-36(32-13-5-3-6-14-32)22-25-46(43)52-50(53-49)54-47-26-23-37(33-15-7-4-8-16-33)28-41(47)42-27-34-17-9-10-18-35(34)31-48(42)54/h3-31H,1-2H3/i3D,5D,6D,13D,14D. The molecule has 10 aromatic rings. The van der Waals surface area contributed by atoms with E-state index in [1.165, 1.54) is 22.3 Å². The summed E-state index contributed by atoms with van der Waals surface area (Å²) in [4.78, 5) is 10.8. The van der Waals surface area contributed by atoms with E-state index in [0.717, 1.165) is 49.3 Å². The predicted octanol–water partition coefficient (Wildman–Crippen LogP) is 13.2. The van der Waals surface area contributed by atoms with E-state index < -0.39 is 6.04 Å². The fraction of sp³-hybridized carbons (Fsp3) is 0.0588. The van der Waals surface area contributed by atoms with Crippen LogP contribution in [0.4, 0.5) is 0 Å². The van der Waals surface area contributed by atoms with Gasteiger partial charge in [-0.1, -0.05) is 147 Å². The minimum atomic E-state index is -0.421. The largest absolute Gasteiger partial charge is 0.278 e. The van der Waals surface area contributed by atoms with Gasteiger partial charge in [0.1, 0.15) is 0 Å². The van der Waals surface area contributed by atoms with E-state index in [-0.39, 0.29) is 35.1 Å². The molecule has 0 saturated heterocycles. The monoisotopic (exact) mass is 694 g/mol. The quantitative estimate of drug-likeness (QED) is 0.184. The molecule has 2 aromatic heterocycles. The van der Waals surface area contributed by atoms with Crippen molar-refractivity contribution >= 4 is 43.5 Å². The third kappa shape index (κ3) is 4.61. The maximum absolute atomic E-state index is 8.79. The van der Waals surface area contributed by atoms with E-state index in [0.29, 0.717) is 28.1 Å². The third-order valence-corrected chi connectivity index (χ3v) is 11.3. The van der Waals surface area contributed by atoms with Crippen molar-refractivity contribution in [2.45, 2.75) is 19.3 Å². The maximum Gasteiger partial charge on any atom is 0.235 e. The molecule has 3 nitrogen and oxygen atoms in total. The fourth-order valence-electron chi connectivity index (χ4n) is 8.57. The van der Waals surface area contributed by atoms with Crippen LogP contribution in [-0.2, 0) is 5.41 Å². The number of fused-ring (bicyclic) bond motifs is 8. The number of aromatic nitrogens is 3.